The Hall–Kier alpha value is -3.00. The lowest BCUT2D eigenvalue weighted by molar-refractivity contribution is -0.121. The van der Waals surface area contributed by atoms with Crippen LogP contribution in [-0.2, 0) is 16.0 Å². The third-order valence-corrected chi connectivity index (χ3v) is 5.18. The highest BCUT2D eigenvalue weighted by molar-refractivity contribution is 5.96. The minimum atomic E-state index is -0.193. The van der Waals surface area contributed by atoms with E-state index in [-0.39, 0.29) is 24.2 Å². The van der Waals surface area contributed by atoms with Crippen molar-refractivity contribution in [2.75, 3.05) is 41.7 Å². The van der Waals surface area contributed by atoms with Crippen LogP contribution in [0, 0.1) is 5.92 Å². The summed E-state index contributed by atoms with van der Waals surface area (Å²) in [6, 6.07) is 7.78. The molecule has 0 spiro atoms. The van der Waals surface area contributed by atoms with Crippen molar-refractivity contribution in [2.45, 2.75) is 19.3 Å². The minimum Gasteiger partial charge on any atom is -0.353 e. The second-order valence-electron chi connectivity index (χ2n) is 7.13. The maximum atomic E-state index is 12.3. The van der Waals surface area contributed by atoms with E-state index in [1.807, 2.05) is 24.3 Å². The molecule has 1 unspecified atom stereocenters. The molecule has 4 rings (SSSR count). The fraction of sp³-hybridized carbons (Fsp3) is 0.400. The number of carbonyl (C=O) groups is 2. The van der Waals surface area contributed by atoms with Crippen molar-refractivity contribution in [1.82, 2.24) is 15.3 Å². The molecule has 1 saturated heterocycles. The molecule has 0 saturated carbocycles. The van der Waals surface area contributed by atoms with E-state index in [9.17, 15) is 9.59 Å². The quantitative estimate of drug-likeness (QED) is 0.726. The second-order valence-corrected chi connectivity index (χ2v) is 7.13. The Kier molecular flexibility index (Phi) is 5.48. The van der Waals surface area contributed by atoms with Gasteiger partial charge in [0.2, 0.25) is 11.8 Å². The lowest BCUT2D eigenvalue weighted by atomic mass is 9.89. The summed E-state index contributed by atoms with van der Waals surface area (Å²) in [4.78, 5) is 35.4. The molecule has 8 heteroatoms. The van der Waals surface area contributed by atoms with Crippen LogP contribution in [0.2, 0.25) is 0 Å². The molecule has 8 nitrogen and oxygen atoms in total. The maximum Gasteiger partial charge on any atom is 0.227 e. The molecule has 1 aromatic heterocycles. The summed E-state index contributed by atoms with van der Waals surface area (Å²) in [7, 11) is 0. The number of piperazine rings is 1. The van der Waals surface area contributed by atoms with Gasteiger partial charge in [-0.25, -0.2) is 9.97 Å². The topological polar surface area (TPSA) is 99.2 Å². The molecule has 2 aliphatic rings. The average Bonchev–Trinajstić information content (AvgIpc) is 2.73. The normalized spacial score (nSPS) is 18.9. The Morgan fingerprint density at radius 2 is 2.00 bits per heavy atom. The van der Waals surface area contributed by atoms with Gasteiger partial charge in [-0.3, -0.25) is 9.59 Å². The van der Waals surface area contributed by atoms with Crippen LogP contribution < -0.4 is 20.9 Å². The summed E-state index contributed by atoms with van der Waals surface area (Å²) in [6.45, 7) is 3.65. The monoisotopic (exact) mass is 380 g/mol. The molecule has 3 N–H and O–H groups in total. The Morgan fingerprint density at radius 3 is 2.79 bits per heavy atom. The molecular weight excluding hydrogens is 356 g/mol. The van der Waals surface area contributed by atoms with E-state index in [1.165, 1.54) is 0 Å². The average molecular weight is 380 g/mol. The van der Waals surface area contributed by atoms with Gasteiger partial charge in [-0.1, -0.05) is 18.2 Å². The minimum absolute atomic E-state index is 0.0216. The van der Waals surface area contributed by atoms with Gasteiger partial charge in [-0.05, 0) is 24.5 Å². The van der Waals surface area contributed by atoms with Crippen molar-refractivity contribution in [3.8, 4) is 0 Å². The first-order valence-corrected chi connectivity index (χ1v) is 9.65. The van der Waals surface area contributed by atoms with Gasteiger partial charge >= 0.3 is 0 Å². The molecular formula is C20H24N6O2. The fourth-order valence-electron chi connectivity index (χ4n) is 3.60. The molecule has 2 aliphatic heterocycles. The number of para-hydroxylation sites is 1. The van der Waals surface area contributed by atoms with Crippen LogP contribution >= 0.6 is 0 Å². The number of hydrogen-bond donors (Lipinski definition) is 3. The number of amides is 2. The van der Waals surface area contributed by atoms with E-state index >= 15 is 0 Å². The first-order valence-electron chi connectivity index (χ1n) is 9.65. The van der Waals surface area contributed by atoms with E-state index < -0.39 is 0 Å². The van der Waals surface area contributed by atoms with Gasteiger partial charge in [0.05, 0.1) is 12.4 Å². The Balaban J connectivity index is 1.28. The molecule has 1 aromatic carbocycles. The van der Waals surface area contributed by atoms with Gasteiger partial charge in [0.1, 0.15) is 5.82 Å². The largest absolute Gasteiger partial charge is 0.353 e. The first kappa shape index (κ1) is 18.4. The summed E-state index contributed by atoms with van der Waals surface area (Å²) < 4.78 is 0. The second kappa shape index (κ2) is 8.35. The fourth-order valence-corrected chi connectivity index (χ4v) is 3.60. The SMILES string of the molecule is O=C(CCC1Cc2ccccc2NC1=O)Nc1cnc(N2CCNCC2)cn1. The first-order chi connectivity index (χ1) is 13.7. The van der Waals surface area contributed by atoms with E-state index in [0.717, 1.165) is 43.2 Å². The molecule has 28 heavy (non-hydrogen) atoms. The predicted molar refractivity (Wildman–Crippen MR) is 107 cm³/mol. The number of aromatic nitrogens is 2. The summed E-state index contributed by atoms with van der Waals surface area (Å²) in [6.07, 6.45) is 4.69. The molecule has 146 valence electrons. The number of nitrogens with zero attached hydrogens (tertiary/aromatic N) is 3. The van der Waals surface area contributed by atoms with Gasteiger partial charge in [0.25, 0.3) is 0 Å². The number of carbonyl (C=O) groups excluding carboxylic acids is 2. The van der Waals surface area contributed by atoms with Crippen molar-refractivity contribution in [1.29, 1.82) is 0 Å². The van der Waals surface area contributed by atoms with Gasteiger partial charge in [-0.2, -0.15) is 0 Å². The van der Waals surface area contributed by atoms with E-state index in [4.69, 9.17) is 0 Å². The number of fused-ring (bicyclic) bond motifs is 1. The van der Waals surface area contributed by atoms with Crippen molar-refractivity contribution in [3.63, 3.8) is 0 Å². The summed E-state index contributed by atoms with van der Waals surface area (Å²) in [5.74, 6) is 0.878. The van der Waals surface area contributed by atoms with Crippen LogP contribution in [0.5, 0.6) is 0 Å². The lowest BCUT2D eigenvalue weighted by Gasteiger charge is -2.28. The molecule has 2 aromatic rings. The maximum absolute atomic E-state index is 12.3. The van der Waals surface area contributed by atoms with Crippen LogP contribution in [0.15, 0.2) is 36.7 Å². The zero-order valence-corrected chi connectivity index (χ0v) is 15.6. The Morgan fingerprint density at radius 1 is 1.18 bits per heavy atom. The number of hydrogen-bond acceptors (Lipinski definition) is 6. The lowest BCUT2D eigenvalue weighted by Crippen LogP contribution is -2.43. The molecule has 3 heterocycles. The number of nitrogens with one attached hydrogen (secondary N) is 3. The molecule has 0 aliphatic carbocycles. The number of anilines is 3. The summed E-state index contributed by atoms with van der Waals surface area (Å²) in [5.41, 5.74) is 1.98. The molecule has 0 bridgehead atoms. The van der Waals surface area contributed by atoms with Crippen LogP contribution in [0.4, 0.5) is 17.3 Å². The zero-order chi connectivity index (χ0) is 19.3. The van der Waals surface area contributed by atoms with Crippen LogP contribution in [0.1, 0.15) is 18.4 Å². The Labute approximate surface area is 163 Å². The van der Waals surface area contributed by atoms with Gasteiger partial charge in [0.15, 0.2) is 5.82 Å². The number of rotatable bonds is 5. The molecule has 0 radical (unpaired) electrons. The highest BCUT2D eigenvalue weighted by Crippen LogP contribution is 2.27. The smallest absolute Gasteiger partial charge is 0.227 e. The standard InChI is InChI=1S/C20H24N6O2/c27-19(6-5-15-11-14-3-1-2-4-16(14)24-20(15)28)25-17-12-23-18(13-22-17)26-9-7-21-8-10-26/h1-4,12-13,15,21H,5-11H2,(H,24,28)(H,22,25,27). The molecule has 1 atom stereocenters. The third-order valence-electron chi connectivity index (χ3n) is 5.18. The molecule has 2 amide bonds. The van der Waals surface area contributed by atoms with E-state index in [1.54, 1.807) is 12.4 Å². The van der Waals surface area contributed by atoms with Gasteiger partial charge in [-0.15, -0.1) is 0 Å². The van der Waals surface area contributed by atoms with Crippen molar-refractivity contribution in [3.05, 3.63) is 42.2 Å². The van der Waals surface area contributed by atoms with Gasteiger partial charge < -0.3 is 20.9 Å². The van der Waals surface area contributed by atoms with Crippen LogP contribution in [0.25, 0.3) is 0 Å². The zero-order valence-electron chi connectivity index (χ0n) is 15.6. The highest BCUT2D eigenvalue weighted by Gasteiger charge is 2.26. The summed E-state index contributed by atoms with van der Waals surface area (Å²) >= 11 is 0. The van der Waals surface area contributed by atoms with E-state index in [2.05, 4.69) is 30.8 Å². The van der Waals surface area contributed by atoms with Crippen molar-refractivity contribution < 1.29 is 9.59 Å². The number of benzene rings is 1. The van der Waals surface area contributed by atoms with Crippen molar-refractivity contribution in [2.24, 2.45) is 5.92 Å². The van der Waals surface area contributed by atoms with Crippen molar-refractivity contribution >= 4 is 29.1 Å². The van der Waals surface area contributed by atoms with Crippen LogP contribution in [0.3, 0.4) is 0 Å². The Bertz CT molecular complexity index is 848. The van der Waals surface area contributed by atoms with Crippen LogP contribution in [-0.4, -0.2) is 48.0 Å². The van der Waals surface area contributed by atoms with E-state index in [0.29, 0.717) is 18.7 Å². The molecule has 1 fully saturated rings. The summed E-state index contributed by atoms with van der Waals surface area (Å²) in [5, 5.41) is 8.99. The van der Waals surface area contributed by atoms with Gasteiger partial charge in [0, 0.05) is 44.2 Å². The predicted octanol–water partition coefficient (Wildman–Crippen LogP) is 1.42. The third kappa shape index (κ3) is 4.28. The highest BCUT2D eigenvalue weighted by atomic mass is 16.2.